The van der Waals surface area contributed by atoms with E-state index in [0.29, 0.717) is 31.2 Å². The molecule has 2 aliphatic rings. The van der Waals surface area contributed by atoms with E-state index in [9.17, 15) is 22.4 Å². The third-order valence-electron chi connectivity index (χ3n) is 6.69. The molecule has 3 heterocycles. The molecule has 0 spiro atoms. The maximum absolute atomic E-state index is 14.6. The molecule has 1 aromatic carbocycles. The number of pyridine rings is 1. The Morgan fingerprint density at radius 3 is 2.56 bits per heavy atom. The highest BCUT2D eigenvalue weighted by atomic mass is 32.1. The Morgan fingerprint density at radius 1 is 1.13 bits per heavy atom. The van der Waals surface area contributed by atoms with Crippen LogP contribution in [0.2, 0.25) is 0 Å². The normalized spacial score (nSPS) is 17.7. The SMILES string of the molecule is CN1CCN(CCCOc2cc(N3CCCC(=O)N(c4cnc(C#N)c(C(F)(F)F)c4)C3=S)ccc2F)CC1. The molecule has 0 saturated carbocycles. The molecule has 0 radical (unpaired) electrons. The van der Waals surface area contributed by atoms with Gasteiger partial charge in [0, 0.05) is 57.4 Å². The molecule has 0 atom stereocenters. The Kier molecular flexibility index (Phi) is 8.99. The van der Waals surface area contributed by atoms with E-state index < -0.39 is 29.2 Å². The number of anilines is 2. The Morgan fingerprint density at radius 2 is 1.87 bits per heavy atom. The van der Waals surface area contributed by atoms with Crippen LogP contribution < -0.4 is 14.5 Å². The first-order chi connectivity index (χ1) is 18.6. The van der Waals surface area contributed by atoms with Gasteiger partial charge < -0.3 is 19.4 Å². The molecule has 13 heteroatoms. The molecular formula is C26H28F4N6O2S. The standard InChI is InChI=1S/C26H28F4N6O2S/c1-33-9-11-34(12-10-33)7-3-13-38-23-15-18(5-6-21(23)27)35-8-2-4-24(37)36(25(35)39)19-14-20(26(28,29)30)22(16-31)32-17-19/h5-6,14-15,17H,2-4,7-13H2,1H3. The molecule has 1 amide bonds. The average Bonchev–Trinajstić information content (AvgIpc) is 3.05. The number of amides is 1. The van der Waals surface area contributed by atoms with Crippen LogP contribution in [0.25, 0.3) is 0 Å². The molecule has 208 valence electrons. The van der Waals surface area contributed by atoms with Crippen molar-refractivity contribution in [3.05, 3.63) is 47.5 Å². The summed E-state index contributed by atoms with van der Waals surface area (Å²) in [7, 11) is 2.09. The van der Waals surface area contributed by atoms with Gasteiger partial charge in [0.25, 0.3) is 0 Å². The summed E-state index contributed by atoms with van der Waals surface area (Å²) in [5.41, 5.74) is -1.83. The molecule has 8 nitrogen and oxygen atoms in total. The average molecular weight is 565 g/mol. The molecule has 1 aromatic heterocycles. The number of benzene rings is 1. The minimum atomic E-state index is -4.85. The zero-order valence-corrected chi connectivity index (χ0v) is 22.2. The number of aromatic nitrogens is 1. The molecule has 0 bridgehead atoms. The molecule has 0 unspecified atom stereocenters. The molecule has 2 aromatic rings. The molecule has 2 aliphatic heterocycles. The summed E-state index contributed by atoms with van der Waals surface area (Å²) in [6.07, 6.45) is -2.73. The molecular weight excluding hydrogens is 536 g/mol. The highest BCUT2D eigenvalue weighted by Gasteiger charge is 2.37. The van der Waals surface area contributed by atoms with Gasteiger partial charge in [-0.25, -0.2) is 9.37 Å². The van der Waals surface area contributed by atoms with Gasteiger partial charge >= 0.3 is 6.18 Å². The van der Waals surface area contributed by atoms with Crippen molar-refractivity contribution < 1.29 is 27.1 Å². The summed E-state index contributed by atoms with van der Waals surface area (Å²) in [4.78, 5) is 23.7. The van der Waals surface area contributed by atoms with Gasteiger partial charge in [0.05, 0.1) is 24.1 Å². The van der Waals surface area contributed by atoms with Crippen LogP contribution in [0.15, 0.2) is 30.5 Å². The Balaban J connectivity index is 1.51. The fourth-order valence-electron chi connectivity index (χ4n) is 4.51. The van der Waals surface area contributed by atoms with Crippen LogP contribution in [-0.4, -0.2) is 78.7 Å². The van der Waals surface area contributed by atoms with E-state index in [-0.39, 0.29) is 29.5 Å². The summed E-state index contributed by atoms with van der Waals surface area (Å²) in [5, 5.41) is 8.97. The minimum absolute atomic E-state index is 0.0227. The van der Waals surface area contributed by atoms with Gasteiger partial charge in [-0.2, -0.15) is 18.4 Å². The quantitative estimate of drug-likeness (QED) is 0.283. The molecule has 2 saturated heterocycles. The molecule has 4 rings (SSSR count). The third kappa shape index (κ3) is 6.81. The summed E-state index contributed by atoms with van der Waals surface area (Å²) in [6, 6.07) is 6.30. The van der Waals surface area contributed by atoms with Crippen LogP contribution in [0.3, 0.4) is 0 Å². The number of hydrogen-bond acceptors (Lipinski definition) is 7. The first kappa shape index (κ1) is 28.7. The monoisotopic (exact) mass is 564 g/mol. The van der Waals surface area contributed by atoms with Crippen molar-refractivity contribution in [1.82, 2.24) is 14.8 Å². The van der Waals surface area contributed by atoms with Crippen molar-refractivity contribution in [3.63, 3.8) is 0 Å². The zero-order valence-electron chi connectivity index (χ0n) is 21.4. The number of rotatable bonds is 7. The number of likely N-dealkylation sites (N-methyl/N-ethyl adjacent to an activating group) is 1. The van der Waals surface area contributed by atoms with Gasteiger partial charge in [-0.05, 0) is 50.3 Å². The van der Waals surface area contributed by atoms with Crippen LogP contribution in [-0.2, 0) is 11.0 Å². The summed E-state index contributed by atoms with van der Waals surface area (Å²) in [5.74, 6) is -1.04. The highest BCUT2D eigenvalue weighted by Crippen LogP contribution is 2.35. The van der Waals surface area contributed by atoms with E-state index in [1.807, 2.05) is 0 Å². The van der Waals surface area contributed by atoms with E-state index in [4.69, 9.17) is 22.2 Å². The first-order valence-electron chi connectivity index (χ1n) is 12.5. The van der Waals surface area contributed by atoms with Gasteiger partial charge in [0.2, 0.25) is 5.91 Å². The second kappa shape index (κ2) is 12.2. The smallest absolute Gasteiger partial charge is 0.419 e. The van der Waals surface area contributed by atoms with Crippen molar-refractivity contribution in [3.8, 4) is 11.8 Å². The number of ether oxygens (including phenoxy) is 1. The van der Waals surface area contributed by atoms with Crippen LogP contribution in [0.5, 0.6) is 5.75 Å². The predicted molar refractivity (Wildman–Crippen MR) is 141 cm³/mol. The number of thiocarbonyl (C=S) groups is 1. The fourth-order valence-corrected chi connectivity index (χ4v) is 4.91. The zero-order chi connectivity index (χ0) is 28.2. The van der Waals surface area contributed by atoms with Crippen molar-refractivity contribution in [2.24, 2.45) is 0 Å². The van der Waals surface area contributed by atoms with E-state index in [2.05, 4.69) is 21.8 Å². The van der Waals surface area contributed by atoms with Crippen molar-refractivity contribution in [2.75, 3.05) is 62.7 Å². The maximum Gasteiger partial charge on any atom is 0.419 e. The second-order valence-electron chi connectivity index (χ2n) is 9.43. The minimum Gasteiger partial charge on any atom is -0.490 e. The summed E-state index contributed by atoms with van der Waals surface area (Å²) >= 11 is 5.55. The number of nitrogens with zero attached hydrogens (tertiary/aromatic N) is 6. The topological polar surface area (TPSA) is 75.9 Å². The molecule has 0 aliphatic carbocycles. The van der Waals surface area contributed by atoms with Gasteiger partial charge in [0.1, 0.15) is 6.07 Å². The lowest BCUT2D eigenvalue weighted by Crippen LogP contribution is -2.44. The number of piperazine rings is 1. The highest BCUT2D eigenvalue weighted by molar-refractivity contribution is 7.81. The van der Waals surface area contributed by atoms with Crippen molar-refractivity contribution >= 4 is 34.6 Å². The van der Waals surface area contributed by atoms with Crippen LogP contribution >= 0.6 is 12.2 Å². The van der Waals surface area contributed by atoms with E-state index in [0.717, 1.165) is 43.8 Å². The maximum atomic E-state index is 14.6. The lowest BCUT2D eigenvalue weighted by Gasteiger charge is -2.32. The van der Waals surface area contributed by atoms with E-state index >= 15 is 0 Å². The van der Waals surface area contributed by atoms with Crippen molar-refractivity contribution in [2.45, 2.75) is 25.4 Å². The Labute approximate surface area is 229 Å². The number of halogens is 4. The van der Waals surface area contributed by atoms with Crippen molar-refractivity contribution in [1.29, 1.82) is 5.26 Å². The van der Waals surface area contributed by atoms with Crippen LogP contribution in [0.4, 0.5) is 28.9 Å². The molecule has 2 fully saturated rings. The third-order valence-corrected chi connectivity index (χ3v) is 7.09. The summed E-state index contributed by atoms with van der Waals surface area (Å²) in [6.45, 7) is 5.37. The number of carbonyl (C=O) groups is 1. The van der Waals surface area contributed by atoms with Gasteiger partial charge in [-0.15, -0.1) is 0 Å². The Hall–Kier alpha value is -3.34. The molecule has 39 heavy (non-hydrogen) atoms. The summed E-state index contributed by atoms with van der Waals surface area (Å²) < 4.78 is 60.9. The first-order valence-corrected chi connectivity index (χ1v) is 12.9. The lowest BCUT2D eigenvalue weighted by atomic mass is 10.1. The lowest BCUT2D eigenvalue weighted by molar-refractivity contribution is -0.138. The van der Waals surface area contributed by atoms with Gasteiger partial charge in [-0.1, -0.05) is 0 Å². The van der Waals surface area contributed by atoms with Gasteiger partial charge in [-0.3, -0.25) is 9.69 Å². The Bertz CT molecular complexity index is 1260. The van der Waals surface area contributed by atoms with E-state index in [1.165, 1.54) is 24.3 Å². The second-order valence-corrected chi connectivity index (χ2v) is 9.79. The number of nitriles is 1. The number of alkyl halides is 3. The number of carbonyl (C=O) groups excluding carboxylic acids is 1. The van der Waals surface area contributed by atoms with E-state index in [1.54, 1.807) is 4.90 Å². The van der Waals surface area contributed by atoms with Crippen LogP contribution in [0, 0.1) is 17.1 Å². The largest absolute Gasteiger partial charge is 0.490 e. The molecule has 0 N–H and O–H groups in total. The van der Waals surface area contributed by atoms with Gasteiger partial charge in [0.15, 0.2) is 22.4 Å². The fraction of sp³-hybridized carbons (Fsp3) is 0.462. The predicted octanol–water partition coefficient (Wildman–Crippen LogP) is 4.05. The number of hydrogen-bond donors (Lipinski definition) is 0. The van der Waals surface area contributed by atoms with Crippen LogP contribution in [0.1, 0.15) is 30.5 Å².